The van der Waals surface area contributed by atoms with Crippen molar-refractivity contribution in [2.75, 3.05) is 42.5 Å². The summed E-state index contributed by atoms with van der Waals surface area (Å²) in [5.41, 5.74) is 9.28. The van der Waals surface area contributed by atoms with E-state index < -0.39 is 17.7 Å². The van der Waals surface area contributed by atoms with E-state index in [1.165, 1.54) is 12.3 Å². The van der Waals surface area contributed by atoms with Crippen molar-refractivity contribution >= 4 is 28.8 Å². The lowest BCUT2D eigenvalue weighted by atomic mass is 10.00. The van der Waals surface area contributed by atoms with Crippen LogP contribution in [0.5, 0.6) is 17.2 Å². The zero-order valence-corrected chi connectivity index (χ0v) is 22.3. The van der Waals surface area contributed by atoms with Crippen LogP contribution in [-0.4, -0.2) is 30.8 Å². The summed E-state index contributed by atoms with van der Waals surface area (Å²) in [6.07, 6.45) is 1.86. The fraction of sp³-hybridized carbons (Fsp3) is 0.207. The van der Waals surface area contributed by atoms with Crippen molar-refractivity contribution in [1.29, 1.82) is 5.26 Å². The van der Waals surface area contributed by atoms with Gasteiger partial charge in [-0.2, -0.15) is 10.2 Å². The molecule has 0 saturated carbocycles. The van der Waals surface area contributed by atoms with E-state index in [9.17, 15) is 14.0 Å². The molecule has 1 aromatic heterocycles. The highest BCUT2D eigenvalue weighted by Gasteiger charge is 2.26. The van der Waals surface area contributed by atoms with Gasteiger partial charge in [0, 0.05) is 36.2 Å². The van der Waals surface area contributed by atoms with E-state index in [4.69, 9.17) is 19.9 Å². The molecule has 0 bridgehead atoms. The maximum atomic E-state index is 14.3. The number of fused-ring (bicyclic) bond motifs is 1. The summed E-state index contributed by atoms with van der Waals surface area (Å²) in [5, 5.41) is 19.1. The van der Waals surface area contributed by atoms with Crippen molar-refractivity contribution in [2.24, 2.45) is 0 Å². The number of rotatable bonds is 9. The number of nitrogen functional groups attached to an aromatic ring is 1. The van der Waals surface area contributed by atoms with E-state index in [1.807, 2.05) is 12.1 Å². The second kappa shape index (κ2) is 11.8. The number of hydrogen-bond donors (Lipinski definition) is 4. The van der Waals surface area contributed by atoms with Gasteiger partial charge in [-0.1, -0.05) is 0 Å². The molecule has 41 heavy (non-hydrogen) atoms. The first-order valence-electron chi connectivity index (χ1n) is 12.6. The number of hydrogen-bond acceptors (Lipinski definition) is 10. The largest absolute Gasteiger partial charge is 0.497 e. The van der Waals surface area contributed by atoms with Crippen LogP contribution in [0.2, 0.25) is 0 Å². The van der Waals surface area contributed by atoms with Gasteiger partial charge in [0.25, 0.3) is 0 Å². The highest BCUT2D eigenvalue weighted by molar-refractivity contribution is 5.75. The number of methoxy groups -OCH3 is 2. The second-order valence-corrected chi connectivity index (χ2v) is 9.17. The zero-order valence-electron chi connectivity index (χ0n) is 22.3. The molecule has 0 unspecified atom stereocenters. The van der Waals surface area contributed by atoms with Crippen LogP contribution >= 0.6 is 0 Å². The van der Waals surface area contributed by atoms with Gasteiger partial charge in [0.05, 0.1) is 61.8 Å². The highest BCUT2D eigenvalue weighted by Crippen LogP contribution is 2.38. The summed E-state index contributed by atoms with van der Waals surface area (Å²) in [4.78, 5) is 8.79. The predicted molar refractivity (Wildman–Crippen MR) is 151 cm³/mol. The number of nitrogens with two attached hydrogens (primary N) is 1. The Balaban J connectivity index is 1.39. The SMILES string of the molecule is COc1ccc(CNc2ccc(C#N)cc2Nc2ncc(N)c(N[C@@H]3CCOc4c(F)cc(F)cc43)n2)c(OC)c1. The van der Waals surface area contributed by atoms with Gasteiger partial charge in [0.15, 0.2) is 17.4 Å². The second-order valence-electron chi connectivity index (χ2n) is 9.17. The van der Waals surface area contributed by atoms with Crippen LogP contribution in [0.3, 0.4) is 0 Å². The highest BCUT2D eigenvalue weighted by atomic mass is 19.1. The molecule has 10 nitrogen and oxygen atoms in total. The van der Waals surface area contributed by atoms with Crippen molar-refractivity contribution in [3.63, 3.8) is 0 Å². The summed E-state index contributed by atoms with van der Waals surface area (Å²) in [6, 6.07) is 14.3. The molecular formula is C29H27F2N7O3. The average molecular weight is 560 g/mol. The molecule has 5 N–H and O–H groups in total. The molecular weight excluding hydrogens is 532 g/mol. The molecule has 3 aromatic carbocycles. The molecule has 2 heterocycles. The summed E-state index contributed by atoms with van der Waals surface area (Å²) >= 11 is 0. The third-order valence-corrected chi connectivity index (χ3v) is 6.55. The Labute approximate surface area is 235 Å². The predicted octanol–water partition coefficient (Wildman–Crippen LogP) is 5.52. The summed E-state index contributed by atoms with van der Waals surface area (Å²) in [7, 11) is 3.17. The zero-order chi connectivity index (χ0) is 28.9. The number of halogens is 2. The fourth-order valence-electron chi connectivity index (χ4n) is 4.49. The Hall–Kier alpha value is -5.31. The molecule has 1 atom stereocenters. The molecule has 0 radical (unpaired) electrons. The van der Waals surface area contributed by atoms with Crippen LogP contribution in [0.1, 0.15) is 29.2 Å². The Bertz CT molecular complexity index is 1630. The van der Waals surface area contributed by atoms with Crippen LogP contribution in [0, 0.1) is 23.0 Å². The van der Waals surface area contributed by atoms with Crippen LogP contribution in [0.25, 0.3) is 0 Å². The van der Waals surface area contributed by atoms with E-state index in [2.05, 4.69) is 32.0 Å². The standard InChI is InChI=1S/C29H27F2N7O3/c1-39-19-5-4-17(26(12-19)40-2)14-34-24-6-3-16(13-32)9-25(24)37-29-35-15-22(33)28(38-29)36-23-7-8-41-27-20(23)10-18(30)11-21(27)31/h3-6,9-12,15,23,34H,7-8,14,33H2,1-2H3,(H2,35,36,37,38)/t23-/m1/s1. The normalized spacial score (nSPS) is 13.8. The molecule has 0 amide bonds. The molecule has 0 fully saturated rings. The number of nitriles is 1. The first-order chi connectivity index (χ1) is 19.9. The molecule has 4 aromatic rings. The molecule has 1 aliphatic rings. The van der Waals surface area contributed by atoms with Gasteiger partial charge in [-0.05, 0) is 36.4 Å². The van der Waals surface area contributed by atoms with Gasteiger partial charge in [-0.25, -0.2) is 13.8 Å². The van der Waals surface area contributed by atoms with E-state index in [1.54, 1.807) is 38.5 Å². The van der Waals surface area contributed by atoms with E-state index in [0.717, 1.165) is 11.6 Å². The number of nitrogens with one attached hydrogen (secondary N) is 3. The van der Waals surface area contributed by atoms with Gasteiger partial charge in [-0.3, -0.25) is 0 Å². The lowest BCUT2D eigenvalue weighted by Gasteiger charge is -2.27. The van der Waals surface area contributed by atoms with Crippen molar-refractivity contribution in [3.8, 4) is 23.3 Å². The third kappa shape index (κ3) is 5.99. The molecule has 12 heteroatoms. The van der Waals surface area contributed by atoms with Gasteiger partial charge in [0.2, 0.25) is 5.95 Å². The molecule has 1 aliphatic heterocycles. The minimum atomic E-state index is -0.769. The summed E-state index contributed by atoms with van der Waals surface area (Å²) in [5.74, 6) is 0.329. The maximum absolute atomic E-state index is 14.3. The topological polar surface area (TPSA) is 139 Å². The van der Waals surface area contributed by atoms with Crippen molar-refractivity contribution in [1.82, 2.24) is 9.97 Å². The number of benzene rings is 3. The molecule has 210 valence electrons. The Morgan fingerprint density at radius 1 is 1.10 bits per heavy atom. The first kappa shape index (κ1) is 27.3. The van der Waals surface area contributed by atoms with Gasteiger partial charge >= 0.3 is 0 Å². The van der Waals surface area contributed by atoms with Crippen LogP contribution < -0.4 is 35.9 Å². The number of ether oxygens (including phenoxy) is 3. The molecule has 0 aliphatic carbocycles. The lowest BCUT2D eigenvalue weighted by Crippen LogP contribution is -2.22. The molecule has 5 rings (SSSR count). The van der Waals surface area contributed by atoms with Crippen molar-refractivity contribution in [2.45, 2.75) is 19.0 Å². The van der Waals surface area contributed by atoms with Gasteiger partial charge in [-0.15, -0.1) is 0 Å². The van der Waals surface area contributed by atoms with Crippen LogP contribution in [0.4, 0.5) is 37.6 Å². The number of anilines is 5. The van der Waals surface area contributed by atoms with Crippen molar-refractivity contribution < 1.29 is 23.0 Å². The fourth-order valence-corrected chi connectivity index (χ4v) is 4.49. The van der Waals surface area contributed by atoms with E-state index >= 15 is 0 Å². The quantitative estimate of drug-likeness (QED) is 0.207. The number of aromatic nitrogens is 2. The van der Waals surface area contributed by atoms with Gasteiger partial charge < -0.3 is 35.9 Å². The Morgan fingerprint density at radius 2 is 1.95 bits per heavy atom. The molecule has 0 saturated heterocycles. The minimum Gasteiger partial charge on any atom is -0.497 e. The number of nitrogens with zero attached hydrogens (tertiary/aromatic N) is 3. The Morgan fingerprint density at radius 3 is 2.73 bits per heavy atom. The average Bonchev–Trinajstić information content (AvgIpc) is 2.98. The molecule has 0 spiro atoms. The van der Waals surface area contributed by atoms with Gasteiger partial charge in [0.1, 0.15) is 17.3 Å². The van der Waals surface area contributed by atoms with Crippen LogP contribution in [0.15, 0.2) is 54.7 Å². The monoisotopic (exact) mass is 559 g/mol. The Kier molecular flexibility index (Phi) is 7.87. The minimum absolute atomic E-state index is 0.00125. The maximum Gasteiger partial charge on any atom is 0.229 e. The van der Waals surface area contributed by atoms with E-state index in [-0.39, 0.29) is 29.8 Å². The van der Waals surface area contributed by atoms with Crippen LogP contribution in [-0.2, 0) is 6.54 Å². The van der Waals surface area contributed by atoms with Crippen molar-refractivity contribution in [3.05, 3.63) is 83.1 Å². The lowest BCUT2D eigenvalue weighted by molar-refractivity contribution is 0.259. The summed E-state index contributed by atoms with van der Waals surface area (Å²) < 4.78 is 44.4. The third-order valence-electron chi connectivity index (χ3n) is 6.55. The first-order valence-corrected chi connectivity index (χ1v) is 12.6. The van der Waals surface area contributed by atoms with E-state index in [0.29, 0.717) is 47.0 Å². The smallest absolute Gasteiger partial charge is 0.229 e. The summed E-state index contributed by atoms with van der Waals surface area (Å²) in [6.45, 7) is 0.651.